The van der Waals surface area contributed by atoms with Crippen LogP contribution in [0, 0.1) is 17.0 Å². The van der Waals surface area contributed by atoms with E-state index >= 15 is 0 Å². The van der Waals surface area contributed by atoms with Crippen molar-refractivity contribution in [2.24, 2.45) is 5.73 Å². The zero-order chi connectivity index (χ0) is 25.8. The molecule has 10 heteroatoms. The van der Waals surface area contributed by atoms with Gasteiger partial charge in [0.2, 0.25) is 0 Å². The predicted octanol–water partition coefficient (Wildman–Crippen LogP) is 3.75. The van der Waals surface area contributed by atoms with Crippen LogP contribution in [-0.2, 0) is 11.4 Å². The van der Waals surface area contributed by atoms with Crippen molar-refractivity contribution in [1.82, 2.24) is 9.61 Å². The summed E-state index contributed by atoms with van der Waals surface area (Å²) in [5, 5.41) is 25.6. The van der Waals surface area contributed by atoms with Crippen molar-refractivity contribution in [2.75, 3.05) is 12.4 Å². The molecule has 4 aromatic rings. The molecule has 2 aromatic heterocycles. The van der Waals surface area contributed by atoms with Gasteiger partial charge < -0.3 is 20.9 Å². The summed E-state index contributed by atoms with van der Waals surface area (Å²) in [7, 11) is 1.47. The Kier molecular flexibility index (Phi) is 7.07. The standard InChI is InChI=1S/C26H23F2N5O3/c1-36-21-8-15(14-34)7-19(12-21)32-25(23-4-2-3-20-5-6-31-33(20)23)26(35)22(13-29)24(30)16-9-17(27)11-18(28)10-16/h2-13,25,30,32,34H,14,29H2,1H3/b22-13+,30-24?. The van der Waals surface area contributed by atoms with Gasteiger partial charge in [-0.25, -0.2) is 13.3 Å². The van der Waals surface area contributed by atoms with Gasteiger partial charge >= 0.3 is 0 Å². The van der Waals surface area contributed by atoms with E-state index in [1.54, 1.807) is 47.1 Å². The molecule has 0 radical (unpaired) electrons. The molecule has 0 saturated heterocycles. The lowest BCUT2D eigenvalue weighted by atomic mass is 9.93. The predicted molar refractivity (Wildman–Crippen MR) is 131 cm³/mol. The molecule has 2 heterocycles. The number of ether oxygens (including phenoxy) is 1. The highest BCUT2D eigenvalue weighted by Crippen LogP contribution is 2.29. The number of aliphatic hydroxyl groups is 1. The van der Waals surface area contributed by atoms with E-state index in [4.69, 9.17) is 15.9 Å². The van der Waals surface area contributed by atoms with Crippen molar-refractivity contribution in [2.45, 2.75) is 12.6 Å². The first-order valence-electron chi connectivity index (χ1n) is 10.8. The molecule has 0 saturated carbocycles. The van der Waals surface area contributed by atoms with E-state index in [-0.39, 0.29) is 17.7 Å². The molecule has 4 rings (SSSR count). The molecular formula is C26H23F2N5O3. The van der Waals surface area contributed by atoms with Gasteiger partial charge in [-0.15, -0.1) is 0 Å². The van der Waals surface area contributed by atoms with Crippen LogP contribution in [-0.4, -0.2) is 33.3 Å². The number of benzene rings is 2. The molecule has 36 heavy (non-hydrogen) atoms. The Morgan fingerprint density at radius 1 is 1.19 bits per heavy atom. The fraction of sp³-hybridized carbons (Fsp3) is 0.115. The number of pyridine rings is 1. The second-order valence-electron chi connectivity index (χ2n) is 7.90. The number of nitrogens with two attached hydrogens (primary N) is 1. The molecule has 0 spiro atoms. The van der Waals surface area contributed by atoms with E-state index < -0.39 is 29.2 Å². The van der Waals surface area contributed by atoms with Gasteiger partial charge in [0.25, 0.3) is 0 Å². The van der Waals surface area contributed by atoms with Crippen LogP contribution in [0.2, 0.25) is 0 Å². The number of nitrogens with zero attached hydrogens (tertiary/aromatic N) is 2. The van der Waals surface area contributed by atoms with Gasteiger partial charge in [-0.05, 0) is 48.0 Å². The number of hydrogen-bond acceptors (Lipinski definition) is 7. The van der Waals surface area contributed by atoms with E-state index in [1.807, 2.05) is 6.07 Å². The number of anilines is 1. The van der Waals surface area contributed by atoms with Gasteiger partial charge in [0, 0.05) is 35.8 Å². The highest BCUT2D eigenvalue weighted by Gasteiger charge is 2.29. The van der Waals surface area contributed by atoms with Crippen LogP contribution in [0.5, 0.6) is 5.75 Å². The van der Waals surface area contributed by atoms with Crippen molar-refractivity contribution in [3.63, 3.8) is 0 Å². The van der Waals surface area contributed by atoms with Crippen molar-refractivity contribution in [3.8, 4) is 5.75 Å². The summed E-state index contributed by atoms with van der Waals surface area (Å²) in [6.45, 7) is -0.261. The third-order valence-corrected chi connectivity index (χ3v) is 5.56. The van der Waals surface area contributed by atoms with Crippen LogP contribution in [0.15, 0.2) is 78.6 Å². The summed E-state index contributed by atoms with van der Waals surface area (Å²) in [4.78, 5) is 13.9. The van der Waals surface area contributed by atoms with Crippen molar-refractivity contribution >= 4 is 22.7 Å². The van der Waals surface area contributed by atoms with Gasteiger partial charge in [-0.1, -0.05) is 6.07 Å². The number of aromatic nitrogens is 2. The number of fused-ring (bicyclic) bond motifs is 1. The highest BCUT2D eigenvalue weighted by atomic mass is 19.1. The van der Waals surface area contributed by atoms with Crippen LogP contribution in [0.3, 0.4) is 0 Å². The summed E-state index contributed by atoms with van der Waals surface area (Å²) >= 11 is 0. The topological polar surface area (TPSA) is 126 Å². The number of halogens is 2. The number of carbonyl (C=O) groups is 1. The Morgan fingerprint density at radius 3 is 2.61 bits per heavy atom. The molecule has 0 aliphatic heterocycles. The number of hydrogen-bond donors (Lipinski definition) is 4. The lowest BCUT2D eigenvalue weighted by Crippen LogP contribution is -2.28. The first-order chi connectivity index (χ1) is 17.3. The van der Waals surface area contributed by atoms with E-state index in [9.17, 15) is 18.7 Å². The molecule has 184 valence electrons. The molecule has 8 nitrogen and oxygen atoms in total. The van der Waals surface area contributed by atoms with Crippen LogP contribution in [0.25, 0.3) is 5.52 Å². The molecule has 5 N–H and O–H groups in total. The van der Waals surface area contributed by atoms with Crippen LogP contribution in [0.4, 0.5) is 14.5 Å². The molecule has 0 amide bonds. The molecule has 1 atom stereocenters. The molecule has 0 bridgehead atoms. The van der Waals surface area contributed by atoms with E-state index in [2.05, 4.69) is 10.4 Å². The minimum Gasteiger partial charge on any atom is -0.497 e. The summed E-state index contributed by atoms with van der Waals surface area (Å²) in [6.07, 6.45) is 2.52. The number of carbonyl (C=O) groups excluding carboxylic acids is 1. The maximum absolute atomic E-state index is 13.9. The zero-order valence-electron chi connectivity index (χ0n) is 19.2. The fourth-order valence-corrected chi connectivity index (χ4v) is 3.88. The van der Waals surface area contributed by atoms with Crippen molar-refractivity contribution in [1.29, 1.82) is 5.41 Å². The largest absolute Gasteiger partial charge is 0.497 e. The maximum Gasteiger partial charge on any atom is 0.194 e. The number of Topliss-reactive ketones (excluding diaryl/α,β-unsaturated/α-hetero) is 1. The van der Waals surface area contributed by atoms with Crippen LogP contribution >= 0.6 is 0 Å². The van der Waals surface area contributed by atoms with E-state index in [0.717, 1.165) is 18.3 Å². The number of nitrogens with one attached hydrogen (secondary N) is 2. The van der Waals surface area contributed by atoms with Crippen molar-refractivity contribution < 1.29 is 23.4 Å². The summed E-state index contributed by atoms with van der Waals surface area (Å²) in [5.74, 6) is -1.96. The molecule has 0 fully saturated rings. The van der Waals surface area contributed by atoms with Crippen LogP contribution in [0.1, 0.15) is 22.9 Å². The van der Waals surface area contributed by atoms with E-state index in [1.165, 1.54) is 7.11 Å². The van der Waals surface area contributed by atoms with Crippen molar-refractivity contribution in [3.05, 3.63) is 107 Å². The number of aliphatic hydroxyl groups excluding tert-OH is 1. The van der Waals surface area contributed by atoms with Gasteiger partial charge in [-0.2, -0.15) is 5.10 Å². The first kappa shape index (κ1) is 24.6. The SMILES string of the molecule is COc1cc(CO)cc(NC(C(=O)/C(=C/N)C(=N)c2cc(F)cc(F)c2)c2cccc3ccnn23)c1. The van der Waals surface area contributed by atoms with E-state index in [0.29, 0.717) is 34.3 Å². The van der Waals surface area contributed by atoms with Gasteiger partial charge in [0.1, 0.15) is 23.4 Å². The van der Waals surface area contributed by atoms with Crippen LogP contribution < -0.4 is 15.8 Å². The monoisotopic (exact) mass is 491 g/mol. The summed E-state index contributed by atoms with van der Waals surface area (Å²) in [6, 6.07) is 13.4. The first-order valence-corrected chi connectivity index (χ1v) is 10.8. The molecule has 0 aliphatic carbocycles. The Morgan fingerprint density at radius 2 is 1.94 bits per heavy atom. The maximum atomic E-state index is 13.9. The number of ketones is 1. The molecule has 2 aromatic carbocycles. The molecule has 1 unspecified atom stereocenters. The lowest BCUT2D eigenvalue weighted by molar-refractivity contribution is -0.116. The quantitative estimate of drug-likeness (QED) is 0.209. The fourth-order valence-electron chi connectivity index (χ4n) is 3.88. The third-order valence-electron chi connectivity index (χ3n) is 5.56. The highest BCUT2D eigenvalue weighted by molar-refractivity contribution is 6.28. The summed E-state index contributed by atoms with van der Waals surface area (Å²) < 4.78 is 34.5. The average Bonchev–Trinajstić information content (AvgIpc) is 3.36. The Bertz CT molecular complexity index is 1440. The normalized spacial score (nSPS) is 12.4. The number of methoxy groups -OCH3 is 1. The average molecular weight is 491 g/mol. The Balaban J connectivity index is 1.81. The Labute approximate surface area is 205 Å². The third kappa shape index (κ3) is 4.93. The zero-order valence-corrected chi connectivity index (χ0v) is 19.2. The smallest absolute Gasteiger partial charge is 0.194 e. The molecule has 0 aliphatic rings. The second kappa shape index (κ2) is 10.4. The minimum absolute atomic E-state index is 0.141. The van der Waals surface area contributed by atoms with Gasteiger partial charge in [-0.3, -0.25) is 10.2 Å². The Hall–Kier alpha value is -4.57. The summed E-state index contributed by atoms with van der Waals surface area (Å²) in [5.41, 5.74) is 7.05. The van der Waals surface area contributed by atoms with Gasteiger partial charge in [0.05, 0.1) is 36.2 Å². The lowest BCUT2D eigenvalue weighted by Gasteiger charge is -2.22. The minimum atomic E-state index is -1.12. The van der Waals surface area contributed by atoms with Gasteiger partial charge in [0.15, 0.2) is 5.78 Å². The molecular weight excluding hydrogens is 468 g/mol. The number of rotatable bonds is 9. The second-order valence-corrected chi connectivity index (χ2v) is 7.90.